The van der Waals surface area contributed by atoms with Gasteiger partial charge in [0, 0.05) is 37.7 Å². The zero-order valence-corrected chi connectivity index (χ0v) is 15.5. The minimum absolute atomic E-state index is 0.0282. The summed E-state index contributed by atoms with van der Waals surface area (Å²) in [5, 5.41) is 3.08. The lowest BCUT2D eigenvalue weighted by Crippen LogP contribution is -2.43. The lowest BCUT2D eigenvalue weighted by Gasteiger charge is -2.33. The van der Waals surface area contributed by atoms with Gasteiger partial charge in [0.05, 0.1) is 12.0 Å². The Kier molecular flexibility index (Phi) is 6.10. The molecule has 0 saturated carbocycles. The zero-order chi connectivity index (χ0) is 18.4. The van der Waals surface area contributed by atoms with E-state index in [-0.39, 0.29) is 17.9 Å². The minimum Gasteiger partial charge on any atom is -0.491 e. The van der Waals surface area contributed by atoms with Gasteiger partial charge in [0.25, 0.3) is 0 Å². The van der Waals surface area contributed by atoms with Crippen molar-refractivity contribution in [2.45, 2.75) is 39.3 Å². The summed E-state index contributed by atoms with van der Waals surface area (Å²) in [5.41, 5.74) is 2.22. The Morgan fingerprint density at radius 3 is 2.65 bits per heavy atom. The van der Waals surface area contributed by atoms with Gasteiger partial charge in [-0.15, -0.1) is 0 Å². The number of pyridine rings is 1. The molecular formula is C21H27N3O2. The Morgan fingerprint density at radius 2 is 1.96 bits per heavy atom. The van der Waals surface area contributed by atoms with Crippen molar-refractivity contribution in [1.82, 2.24) is 10.3 Å². The standard InChI is InChI=1S/C21H27N3O2/c1-16(2)26-20-7-5-17(6-8-20)14-23-21(25)18-4-3-13-24(15-18)19-9-11-22-12-10-19/h5-12,16,18H,3-4,13-15H2,1-2H3,(H,23,25)/t18-/m1/s1. The lowest BCUT2D eigenvalue weighted by molar-refractivity contribution is -0.125. The summed E-state index contributed by atoms with van der Waals surface area (Å²) < 4.78 is 5.65. The summed E-state index contributed by atoms with van der Waals surface area (Å²) in [7, 11) is 0. The van der Waals surface area contributed by atoms with Crippen molar-refractivity contribution in [3.63, 3.8) is 0 Å². The third-order valence-electron chi connectivity index (χ3n) is 4.58. The molecule has 5 heteroatoms. The first-order valence-electron chi connectivity index (χ1n) is 9.30. The number of carbonyl (C=O) groups is 1. The zero-order valence-electron chi connectivity index (χ0n) is 15.5. The number of benzene rings is 1. The van der Waals surface area contributed by atoms with Gasteiger partial charge in [-0.1, -0.05) is 12.1 Å². The fraction of sp³-hybridized carbons (Fsp3) is 0.429. The molecule has 1 aromatic carbocycles. The van der Waals surface area contributed by atoms with Gasteiger partial charge in [-0.3, -0.25) is 9.78 Å². The number of rotatable bonds is 6. The van der Waals surface area contributed by atoms with E-state index in [1.165, 1.54) is 0 Å². The summed E-state index contributed by atoms with van der Waals surface area (Å²) in [6.45, 7) is 6.32. The highest BCUT2D eigenvalue weighted by Gasteiger charge is 2.25. The van der Waals surface area contributed by atoms with Crippen LogP contribution in [0.3, 0.4) is 0 Å². The van der Waals surface area contributed by atoms with Crippen LogP contribution < -0.4 is 15.0 Å². The largest absolute Gasteiger partial charge is 0.491 e. The molecule has 0 spiro atoms. The predicted molar refractivity (Wildman–Crippen MR) is 103 cm³/mol. The molecule has 0 aliphatic carbocycles. The van der Waals surface area contributed by atoms with Crippen molar-refractivity contribution in [3.05, 3.63) is 54.4 Å². The second-order valence-corrected chi connectivity index (χ2v) is 7.02. The van der Waals surface area contributed by atoms with Crippen LogP contribution >= 0.6 is 0 Å². The lowest BCUT2D eigenvalue weighted by atomic mass is 9.96. The van der Waals surface area contributed by atoms with Gasteiger partial charge in [0.1, 0.15) is 5.75 Å². The fourth-order valence-electron chi connectivity index (χ4n) is 3.27. The number of aromatic nitrogens is 1. The Morgan fingerprint density at radius 1 is 1.23 bits per heavy atom. The van der Waals surface area contributed by atoms with E-state index in [9.17, 15) is 4.79 Å². The van der Waals surface area contributed by atoms with E-state index in [2.05, 4.69) is 15.2 Å². The first kappa shape index (κ1) is 18.2. The van der Waals surface area contributed by atoms with Crippen LogP contribution in [0.4, 0.5) is 5.69 Å². The molecule has 1 saturated heterocycles. The van der Waals surface area contributed by atoms with E-state index in [0.29, 0.717) is 6.54 Å². The SMILES string of the molecule is CC(C)Oc1ccc(CNC(=O)[C@@H]2CCCN(c3ccncc3)C2)cc1. The Balaban J connectivity index is 1.51. The molecule has 2 heterocycles. The van der Waals surface area contributed by atoms with E-state index in [0.717, 1.165) is 42.9 Å². The van der Waals surface area contributed by atoms with Crippen molar-refractivity contribution in [1.29, 1.82) is 0 Å². The maximum absolute atomic E-state index is 12.6. The number of ether oxygens (including phenoxy) is 1. The molecule has 1 fully saturated rings. The Hall–Kier alpha value is -2.56. The first-order valence-corrected chi connectivity index (χ1v) is 9.30. The van der Waals surface area contributed by atoms with Crippen molar-refractivity contribution >= 4 is 11.6 Å². The number of hydrogen-bond donors (Lipinski definition) is 1. The maximum atomic E-state index is 12.6. The molecule has 1 aliphatic rings. The highest BCUT2D eigenvalue weighted by atomic mass is 16.5. The third kappa shape index (κ3) is 4.97. The second-order valence-electron chi connectivity index (χ2n) is 7.02. The molecular weight excluding hydrogens is 326 g/mol. The molecule has 138 valence electrons. The smallest absolute Gasteiger partial charge is 0.225 e. The van der Waals surface area contributed by atoms with Crippen molar-refractivity contribution < 1.29 is 9.53 Å². The summed E-state index contributed by atoms with van der Waals surface area (Å²) in [6.07, 6.45) is 5.73. The van der Waals surface area contributed by atoms with Gasteiger partial charge < -0.3 is 15.0 Å². The molecule has 5 nitrogen and oxygen atoms in total. The van der Waals surface area contributed by atoms with Crippen LogP contribution in [0, 0.1) is 5.92 Å². The number of nitrogens with one attached hydrogen (secondary N) is 1. The van der Waals surface area contributed by atoms with E-state index < -0.39 is 0 Å². The van der Waals surface area contributed by atoms with Crippen molar-refractivity contribution in [3.8, 4) is 5.75 Å². The minimum atomic E-state index is 0.0282. The van der Waals surface area contributed by atoms with Crippen LogP contribution in [0.1, 0.15) is 32.3 Å². The van der Waals surface area contributed by atoms with Gasteiger partial charge in [-0.2, -0.15) is 0 Å². The van der Waals surface area contributed by atoms with Crippen LogP contribution in [0.25, 0.3) is 0 Å². The molecule has 3 rings (SSSR count). The van der Waals surface area contributed by atoms with Gasteiger partial charge in [0.15, 0.2) is 0 Å². The Labute approximate surface area is 155 Å². The third-order valence-corrected chi connectivity index (χ3v) is 4.58. The highest BCUT2D eigenvalue weighted by molar-refractivity contribution is 5.79. The van der Waals surface area contributed by atoms with E-state index in [1.54, 1.807) is 12.4 Å². The molecule has 0 radical (unpaired) electrons. The first-order chi connectivity index (χ1) is 12.6. The second kappa shape index (κ2) is 8.70. The van der Waals surface area contributed by atoms with Crippen LogP contribution in [0.2, 0.25) is 0 Å². The predicted octanol–water partition coefficient (Wildman–Crippen LogP) is 3.40. The molecule has 1 amide bonds. The van der Waals surface area contributed by atoms with Gasteiger partial charge in [-0.05, 0) is 56.5 Å². The average Bonchev–Trinajstić information content (AvgIpc) is 2.67. The number of carbonyl (C=O) groups excluding carboxylic acids is 1. The fourth-order valence-corrected chi connectivity index (χ4v) is 3.27. The quantitative estimate of drug-likeness (QED) is 0.865. The molecule has 1 aromatic heterocycles. The van der Waals surface area contributed by atoms with Gasteiger partial charge >= 0.3 is 0 Å². The van der Waals surface area contributed by atoms with Gasteiger partial charge in [0.2, 0.25) is 5.91 Å². The molecule has 26 heavy (non-hydrogen) atoms. The number of nitrogens with zero attached hydrogens (tertiary/aromatic N) is 2. The molecule has 1 N–H and O–H groups in total. The van der Waals surface area contributed by atoms with E-state index in [4.69, 9.17) is 4.74 Å². The van der Waals surface area contributed by atoms with Crippen LogP contribution in [-0.2, 0) is 11.3 Å². The molecule has 2 aromatic rings. The van der Waals surface area contributed by atoms with Crippen molar-refractivity contribution in [2.24, 2.45) is 5.92 Å². The summed E-state index contributed by atoms with van der Waals surface area (Å²) in [4.78, 5) is 18.9. The molecule has 1 aliphatic heterocycles. The average molecular weight is 353 g/mol. The van der Waals surface area contributed by atoms with E-state index in [1.807, 2.05) is 50.2 Å². The van der Waals surface area contributed by atoms with Crippen LogP contribution in [-0.4, -0.2) is 30.1 Å². The highest BCUT2D eigenvalue weighted by Crippen LogP contribution is 2.23. The van der Waals surface area contributed by atoms with Gasteiger partial charge in [-0.25, -0.2) is 0 Å². The number of amides is 1. The monoisotopic (exact) mass is 353 g/mol. The number of hydrogen-bond acceptors (Lipinski definition) is 4. The molecule has 0 bridgehead atoms. The molecule has 1 atom stereocenters. The summed E-state index contributed by atoms with van der Waals surface area (Å²) >= 11 is 0. The Bertz CT molecular complexity index is 701. The van der Waals surface area contributed by atoms with Crippen LogP contribution in [0.5, 0.6) is 5.75 Å². The van der Waals surface area contributed by atoms with E-state index >= 15 is 0 Å². The number of piperidine rings is 1. The number of anilines is 1. The maximum Gasteiger partial charge on any atom is 0.225 e. The topological polar surface area (TPSA) is 54.5 Å². The van der Waals surface area contributed by atoms with Crippen molar-refractivity contribution in [2.75, 3.05) is 18.0 Å². The summed E-state index contributed by atoms with van der Waals surface area (Å²) in [5.74, 6) is 1.02. The summed E-state index contributed by atoms with van der Waals surface area (Å²) in [6, 6.07) is 11.9. The molecule has 0 unspecified atom stereocenters. The van der Waals surface area contributed by atoms with Crippen LogP contribution in [0.15, 0.2) is 48.8 Å². The normalized spacial score (nSPS) is 17.2.